The Morgan fingerprint density at radius 3 is 0.902 bits per heavy atom. The molecule has 0 heterocycles. The van der Waals surface area contributed by atoms with Gasteiger partial charge < -0.3 is 19.7 Å². The summed E-state index contributed by atoms with van der Waals surface area (Å²) in [5.41, 5.74) is -14.1. The molecular weight excluding hydrogens is 913 g/mol. The predicted molar refractivity (Wildman–Crippen MR) is 155 cm³/mol. The van der Waals surface area contributed by atoms with Gasteiger partial charge in [0.25, 0.3) is 0 Å². The largest absolute Gasteiger partial charge is 0.864 e. The molecule has 0 unspecified atom stereocenters. The fourth-order valence-electron chi connectivity index (χ4n) is 4.35. The second-order valence-electron chi connectivity index (χ2n) is 11.6. The van der Waals surface area contributed by atoms with Gasteiger partial charge in [0.1, 0.15) is 17.1 Å². The van der Waals surface area contributed by atoms with E-state index in [-0.39, 0.29) is 36.4 Å². The van der Waals surface area contributed by atoms with E-state index in [1.165, 1.54) is 0 Å². The molecular formula is C32H14BF24NO3. The molecule has 61 heavy (non-hydrogen) atoms. The smallest absolute Gasteiger partial charge is 0.490 e. The molecule has 0 atom stereocenters. The van der Waals surface area contributed by atoms with Gasteiger partial charge >= 0.3 is 56.7 Å². The number of hydrogen-bond acceptors (Lipinski definition) is 3. The summed E-state index contributed by atoms with van der Waals surface area (Å²) in [6, 6.07) is 0.278. The van der Waals surface area contributed by atoms with E-state index in [0.717, 1.165) is 0 Å². The average Bonchev–Trinajstić information content (AvgIpc) is 3.06. The lowest BCUT2D eigenvalue weighted by Gasteiger charge is -2.21. The van der Waals surface area contributed by atoms with Crippen LogP contribution in [-0.4, -0.2) is 7.32 Å². The summed E-state index contributed by atoms with van der Waals surface area (Å²) in [7, 11) is -3.27. The van der Waals surface area contributed by atoms with Gasteiger partial charge in [0.05, 0.1) is 27.8 Å². The van der Waals surface area contributed by atoms with Crippen LogP contribution in [0.4, 0.5) is 111 Å². The van der Waals surface area contributed by atoms with Gasteiger partial charge in [-0.2, -0.15) is 124 Å². The summed E-state index contributed by atoms with van der Waals surface area (Å²) in [6.07, 6.45) is -43.0. The Morgan fingerprint density at radius 2 is 0.623 bits per heavy atom. The van der Waals surface area contributed by atoms with E-state index in [2.05, 4.69) is 15.0 Å². The number of rotatable bonds is 6. The Kier molecular flexibility index (Phi) is 13.8. The van der Waals surface area contributed by atoms with Gasteiger partial charge in [-0.1, -0.05) is 11.1 Å². The Hall–Kier alpha value is -5.38. The monoisotopic (exact) mass is 927 g/mol. The van der Waals surface area contributed by atoms with Crippen molar-refractivity contribution >= 4 is 13.0 Å². The first-order valence-corrected chi connectivity index (χ1v) is 15.1. The highest BCUT2D eigenvalue weighted by molar-refractivity contribution is 6.39. The summed E-state index contributed by atoms with van der Waals surface area (Å²) in [4.78, 5) is 0. The molecule has 0 spiro atoms. The molecule has 0 aliphatic heterocycles. The minimum atomic E-state index is -5.63. The molecule has 0 fully saturated rings. The van der Waals surface area contributed by atoms with Gasteiger partial charge in [-0.25, -0.2) is 0 Å². The molecule has 0 amide bonds. The average molecular weight is 927 g/mol. The molecule has 0 bridgehead atoms. The molecule has 0 aliphatic rings. The third-order valence-electron chi connectivity index (χ3n) is 7.10. The maximum atomic E-state index is 13.5. The van der Waals surface area contributed by atoms with Gasteiger partial charge in [0, 0.05) is 0 Å². The van der Waals surface area contributed by atoms with Crippen LogP contribution in [0.3, 0.4) is 0 Å². The molecule has 29 heteroatoms. The van der Waals surface area contributed by atoms with Crippen LogP contribution in [0, 0.1) is 6.07 Å². The van der Waals surface area contributed by atoms with Crippen molar-refractivity contribution in [3.63, 3.8) is 0 Å². The highest BCUT2D eigenvalue weighted by Gasteiger charge is 2.45. The van der Waals surface area contributed by atoms with E-state index in [1.54, 1.807) is 6.07 Å². The second-order valence-corrected chi connectivity index (χ2v) is 11.6. The highest BCUT2D eigenvalue weighted by atomic mass is 19.4. The topological polar surface area (TPSA) is 55.3 Å². The zero-order chi connectivity index (χ0) is 47.1. The molecule has 0 radical (unpaired) electrons. The zero-order valence-corrected chi connectivity index (χ0v) is 28.4. The second kappa shape index (κ2) is 16.8. The van der Waals surface area contributed by atoms with Crippen molar-refractivity contribution in [2.24, 2.45) is 0 Å². The van der Waals surface area contributed by atoms with E-state index in [9.17, 15) is 105 Å². The third kappa shape index (κ3) is 13.8. The molecule has 3 N–H and O–H groups in total. The molecule has 4 aromatic rings. The van der Waals surface area contributed by atoms with Gasteiger partial charge in [-0.15, -0.1) is 6.07 Å². The predicted octanol–water partition coefficient (Wildman–Crippen LogP) is 12.7. The van der Waals surface area contributed by atoms with Crippen molar-refractivity contribution in [2.45, 2.75) is 49.4 Å². The summed E-state index contributed by atoms with van der Waals surface area (Å²) >= 11 is 0. The number of benzene rings is 4. The number of quaternary nitrogens is 1. The van der Waals surface area contributed by atoms with Crippen LogP contribution in [0.15, 0.2) is 66.7 Å². The van der Waals surface area contributed by atoms with Crippen LogP contribution in [0.1, 0.15) is 44.5 Å². The lowest BCUT2D eigenvalue weighted by Crippen LogP contribution is -2.45. The normalized spacial score (nSPS) is 13.3. The van der Waals surface area contributed by atoms with Crippen molar-refractivity contribution in [1.29, 1.82) is 0 Å². The molecule has 4 rings (SSSR count). The van der Waals surface area contributed by atoms with Crippen LogP contribution in [0.5, 0.6) is 17.2 Å². The van der Waals surface area contributed by atoms with Crippen LogP contribution < -0.4 is 19.7 Å². The Balaban J connectivity index is 0.000000598. The minimum Gasteiger partial charge on any atom is -0.490 e. The highest BCUT2D eigenvalue weighted by Crippen LogP contribution is 2.44. The van der Waals surface area contributed by atoms with Gasteiger partial charge in [-0.05, 0) is 48.5 Å². The standard InChI is InChI=1S/C24H10BF18NO3.C8H3F6/c26-19(27,28)9-1-10(20(29,30)31)4-14(3-9)45-25(46-15-5-11(21(32,33)34)2-12(6-15)22(35,36)37)47-17-8-13(23(38,39)40)7-16(18(17)44)24(41,42)43;9-7(10,11)5-2-1-3-6(4-5)8(12,13)14/h1-8H,44H2;2-4H/q;-1/p+1. The third-order valence-corrected chi connectivity index (χ3v) is 7.10. The van der Waals surface area contributed by atoms with E-state index >= 15 is 0 Å². The van der Waals surface area contributed by atoms with Gasteiger partial charge in [0.2, 0.25) is 0 Å². The lowest BCUT2D eigenvalue weighted by molar-refractivity contribution is -0.264. The van der Waals surface area contributed by atoms with Crippen LogP contribution in [0.25, 0.3) is 0 Å². The molecule has 0 saturated carbocycles. The fraction of sp³-hybridized carbons (Fsp3) is 0.250. The quantitative estimate of drug-likeness (QED) is 0.119. The Bertz CT molecular complexity index is 1990. The SMILES string of the molecule is FC(F)(F)c1c[c-]cc(C(F)(F)F)c1.[NH3+]c1c(OB(Oc2cc(C(F)(F)F)cc(C(F)(F)F)c2)Oc2cc(C(F)(F)F)cc(C(F)(F)F)c2)cc(C(F)(F)F)cc1C(F)(F)F. The van der Waals surface area contributed by atoms with E-state index in [1.807, 2.05) is 0 Å². The Morgan fingerprint density at radius 1 is 0.344 bits per heavy atom. The number of alkyl halides is 24. The van der Waals surface area contributed by atoms with E-state index < -0.39 is 142 Å². The van der Waals surface area contributed by atoms with Crippen molar-refractivity contribution in [3.05, 3.63) is 117 Å². The van der Waals surface area contributed by atoms with Crippen LogP contribution >= 0.6 is 0 Å². The van der Waals surface area contributed by atoms with Crippen molar-refractivity contribution in [3.8, 4) is 17.2 Å². The van der Waals surface area contributed by atoms with Crippen molar-refractivity contribution < 1.29 is 125 Å². The Labute approximate surface area is 322 Å². The molecule has 0 saturated heterocycles. The molecule has 4 aromatic carbocycles. The van der Waals surface area contributed by atoms with Crippen LogP contribution in [0.2, 0.25) is 0 Å². The number of halogens is 24. The van der Waals surface area contributed by atoms with Crippen LogP contribution in [-0.2, 0) is 49.4 Å². The van der Waals surface area contributed by atoms with E-state index in [4.69, 9.17) is 4.65 Å². The first-order valence-electron chi connectivity index (χ1n) is 15.1. The first-order chi connectivity index (χ1) is 27.2. The minimum absolute atomic E-state index is 0.0521. The summed E-state index contributed by atoms with van der Waals surface area (Å²) in [5, 5.41) is 0. The molecule has 0 aliphatic carbocycles. The van der Waals surface area contributed by atoms with Gasteiger partial charge in [-0.3, -0.25) is 0 Å². The van der Waals surface area contributed by atoms with Gasteiger partial charge in [0.15, 0.2) is 11.4 Å². The summed E-state index contributed by atoms with van der Waals surface area (Å²) in [5.74, 6) is -4.90. The maximum absolute atomic E-state index is 13.5. The zero-order valence-electron chi connectivity index (χ0n) is 28.4. The van der Waals surface area contributed by atoms with E-state index in [0.29, 0.717) is 12.1 Å². The maximum Gasteiger partial charge on any atom is 0.864 e. The molecule has 4 nitrogen and oxygen atoms in total. The first kappa shape index (κ1) is 50.0. The molecule has 0 aromatic heterocycles. The fourth-order valence-corrected chi connectivity index (χ4v) is 4.35. The number of hydrogen-bond donors (Lipinski definition) is 1. The van der Waals surface area contributed by atoms with Crippen molar-refractivity contribution in [1.82, 2.24) is 0 Å². The summed E-state index contributed by atoms with van der Waals surface area (Å²) in [6.45, 7) is 0. The molecule has 336 valence electrons. The van der Waals surface area contributed by atoms with Crippen molar-refractivity contribution in [2.75, 3.05) is 0 Å². The lowest BCUT2D eigenvalue weighted by atomic mass is 10.0. The summed E-state index contributed by atoms with van der Waals surface area (Å²) < 4.78 is 326.